The molecule has 2 saturated heterocycles. The van der Waals surface area contributed by atoms with E-state index in [1.807, 2.05) is 4.90 Å². The first kappa shape index (κ1) is 13.0. The molecule has 2 amide bonds. The van der Waals surface area contributed by atoms with Crippen LogP contribution in [0.3, 0.4) is 0 Å². The van der Waals surface area contributed by atoms with E-state index in [0.717, 1.165) is 6.42 Å². The van der Waals surface area contributed by atoms with E-state index in [2.05, 4.69) is 0 Å². The highest BCUT2D eigenvalue weighted by molar-refractivity contribution is 5.97. The van der Waals surface area contributed by atoms with Gasteiger partial charge in [-0.1, -0.05) is 12.1 Å². The summed E-state index contributed by atoms with van der Waals surface area (Å²) in [4.78, 5) is 27.8. The van der Waals surface area contributed by atoms with Gasteiger partial charge in [0, 0.05) is 32.1 Å². The lowest BCUT2D eigenvalue weighted by molar-refractivity contribution is -0.130. The van der Waals surface area contributed by atoms with Crippen LogP contribution in [0.4, 0.5) is 0 Å². The van der Waals surface area contributed by atoms with Crippen LogP contribution in [-0.4, -0.2) is 52.4 Å². The molecule has 1 aromatic carbocycles. The Morgan fingerprint density at radius 1 is 1.35 bits per heavy atom. The molecular formula is C15H18N2O3. The van der Waals surface area contributed by atoms with E-state index in [0.29, 0.717) is 37.2 Å². The Hall–Kier alpha value is -2.04. The second-order valence-corrected chi connectivity index (χ2v) is 5.50. The van der Waals surface area contributed by atoms with Crippen molar-refractivity contribution >= 4 is 11.8 Å². The third kappa shape index (κ3) is 2.03. The highest BCUT2D eigenvalue weighted by Gasteiger charge is 2.37. The monoisotopic (exact) mass is 274 g/mol. The molecule has 2 fully saturated rings. The van der Waals surface area contributed by atoms with Crippen molar-refractivity contribution in [2.45, 2.75) is 25.8 Å². The summed E-state index contributed by atoms with van der Waals surface area (Å²) in [6.45, 7) is 3.48. The van der Waals surface area contributed by atoms with Gasteiger partial charge in [-0.05, 0) is 25.0 Å². The minimum Gasteiger partial charge on any atom is -0.507 e. The molecule has 1 aromatic rings. The van der Waals surface area contributed by atoms with E-state index >= 15 is 0 Å². The van der Waals surface area contributed by atoms with Crippen molar-refractivity contribution in [3.05, 3.63) is 29.3 Å². The molecule has 0 spiro atoms. The number of amides is 2. The van der Waals surface area contributed by atoms with Gasteiger partial charge in [-0.2, -0.15) is 0 Å². The summed E-state index contributed by atoms with van der Waals surface area (Å²) in [6, 6.07) is 5.35. The number of rotatable bonds is 1. The molecule has 20 heavy (non-hydrogen) atoms. The summed E-state index contributed by atoms with van der Waals surface area (Å²) in [5.41, 5.74) is 1.05. The third-order valence-electron chi connectivity index (χ3n) is 4.25. The maximum Gasteiger partial charge on any atom is 0.257 e. The number of carbonyl (C=O) groups is 2. The molecule has 2 heterocycles. The second-order valence-electron chi connectivity index (χ2n) is 5.50. The average molecular weight is 274 g/mol. The van der Waals surface area contributed by atoms with E-state index in [-0.39, 0.29) is 23.6 Å². The molecule has 0 aromatic heterocycles. The van der Waals surface area contributed by atoms with Gasteiger partial charge in [-0.25, -0.2) is 0 Å². The zero-order valence-corrected chi connectivity index (χ0v) is 11.5. The van der Waals surface area contributed by atoms with Crippen molar-refractivity contribution in [2.24, 2.45) is 0 Å². The molecule has 5 heteroatoms. The lowest BCUT2D eigenvalue weighted by atomic mass is 10.1. The molecule has 1 unspecified atom stereocenters. The first-order valence-corrected chi connectivity index (χ1v) is 6.95. The number of aryl methyl sites for hydroxylation is 1. The van der Waals surface area contributed by atoms with E-state index < -0.39 is 0 Å². The second kappa shape index (κ2) is 4.81. The highest BCUT2D eigenvalue weighted by Crippen LogP contribution is 2.27. The van der Waals surface area contributed by atoms with Crippen molar-refractivity contribution < 1.29 is 14.7 Å². The van der Waals surface area contributed by atoms with Gasteiger partial charge in [0.2, 0.25) is 5.91 Å². The topological polar surface area (TPSA) is 60.9 Å². The number of hydrogen-bond acceptors (Lipinski definition) is 3. The van der Waals surface area contributed by atoms with Crippen LogP contribution < -0.4 is 0 Å². The molecule has 2 aliphatic rings. The van der Waals surface area contributed by atoms with E-state index in [9.17, 15) is 14.7 Å². The predicted molar refractivity (Wildman–Crippen MR) is 73.5 cm³/mol. The largest absolute Gasteiger partial charge is 0.507 e. The highest BCUT2D eigenvalue weighted by atomic mass is 16.3. The SMILES string of the molecule is Cc1cccc(C(=O)N2CCN3C(=O)CCC3C2)c1O. The summed E-state index contributed by atoms with van der Waals surface area (Å²) >= 11 is 0. The number of nitrogens with zero attached hydrogens (tertiary/aromatic N) is 2. The quantitative estimate of drug-likeness (QED) is 0.835. The van der Waals surface area contributed by atoms with Gasteiger partial charge in [0.25, 0.3) is 5.91 Å². The van der Waals surface area contributed by atoms with Crippen molar-refractivity contribution in [3.63, 3.8) is 0 Å². The van der Waals surface area contributed by atoms with Crippen molar-refractivity contribution in [2.75, 3.05) is 19.6 Å². The van der Waals surface area contributed by atoms with Crippen LogP contribution in [0, 0.1) is 6.92 Å². The fourth-order valence-corrected chi connectivity index (χ4v) is 3.05. The maximum absolute atomic E-state index is 12.5. The molecule has 5 nitrogen and oxygen atoms in total. The van der Waals surface area contributed by atoms with Crippen LogP contribution >= 0.6 is 0 Å². The van der Waals surface area contributed by atoms with Crippen molar-refractivity contribution in [1.29, 1.82) is 0 Å². The Bertz CT molecular complexity index is 570. The molecule has 1 atom stereocenters. The molecule has 0 aliphatic carbocycles. The standard InChI is InChI=1S/C15H18N2O3/c1-10-3-2-4-12(14(10)19)15(20)16-7-8-17-11(9-16)5-6-13(17)18/h2-4,11,19H,5-9H2,1H3. The predicted octanol–water partition coefficient (Wildman–Crippen LogP) is 1.15. The van der Waals surface area contributed by atoms with Crippen molar-refractivity contribution in [3.8, 4) is 5.75 Å². The van der Waals surface area contributed by atoms with E-state index in [1.54, 1.807) is 30.0 Å². The lowest BCUT2D eigenvalue weighted by Gasteiger charge is -2.37. The number of fused-ring (bicyclic) bond motifs is 1. The van der Waals surface area contributed by atoms with Gasteiger partial charge in [0.05, 0.1) is 5.56 Å². The zero-order chi connectivity index (χ0) is 14.3. The minimum atomic E-state index is -0.148. The van der Waals surface area contributed by atoms with Crippen LogP contribution in [0.15, 0.2) is 18.2 Å². The zero-order valence-electron chi connectivity index (χ0n) is 11.5. The number of aromatic hydroxyl groups is 1. The number of piperazine rings is 1. The Morgan fingerprint density at radius 3 is 2.95 bits per heavy atom. The number of carbonyl (C=O) groups excluding carboxylic acids is 2. The molecular weight excluding hydrogens is 256 g/mol. The Labute approximate surface area is 117 Å². The molecule has 2 aliphatic heterocycles. The summed E-state index contributed by atoms with van der Waals surface area (Å²) in [6.07, 6.45) is 1.41. The van der Waals surface area contributed by atoms with Crippen LogP contribution in [0.2, 0.25) is 0 Å². The molecule has 1 N–H and O–H groups in total. The summed E-state index contributed by atoms with van der Waals surface area (Å²) in [7, 11) is 0. The normalized spacial score (nSPS) is 22.1. The Morgan fingerprint density at radius 2 is 2.15 bits per heavy atom. The lowest BCUT2D eigenvalue weighted by Crippen LogP contribution is -2.53. The Balaban J connectivity index is 1.79. The third-order valence-corrected chi connectivity index (χ3v) is 4.25. The van der Waals surface area contributed by atoms with Gasteiger partial charge in [-0.15, -0.1) is 0 Å². The maximum atomic E-state index is 12.5. The number of phenols is 1. The van der Waals surface area contributed by atoms with Gasteiger partial charge < -0.3 is 14.9 Å². The van der Waals surface area contributed by atoms with Crippen LogP contribution in [0.5, 0.6) is 5.75 Å². The van der Waals surface area contributed by atoms with Gasteiger partial charge >= 0.3 is 0 Å². The average Bonchev–Trinajstić information content (AvgIpc) is 2.82. The summed E-state index contributed by atoms with van der Waals surface area (Å²) in [5, 5.41) is 10.0. The summed E-state index contributed by atoms with van der Waals surface area (Å²) < 4.78 is 0. The van der Waals surface area contributed by atoms with Gasteiger partial charge in [0.1, 0.15) is 5.75 Å². The molecule has 3 rings (SSSR count). The molecule has 0 bridgehead atoms. The molecule has 0 saturated carbocycles. The van der Waals surface area contributed by atoms with E-state index in [4.69, 9.17) is 0 Å². The first-order chi connectivity index (χ1) is 9.58. The number of phenolic OH excluding ortho intramolecular Hbond substituents is 1. The van der Waals surface area contributed by atoms with Crippen LogP contribution in [0.25, 0.3) is 0 Å². The molecule has 0 radical (unpaired) electrons. The minimum absolute atomic E-state index is 0.0578. The number of para-hydroxylation sites is 1. The van der Waals surface area contributed by atoms with Crippen LogP contribution in [0.1, 0.15) is 28.8 Å². The van der Waals surface area contributed by atoms with E-state index in [1.165, 1.54) is 0 Å². The van der Waals surface area contributed by atoms with Crippen molar-refractivity contribution in [1.82, 2.24) is 9.80 Å². The fourth-order valence-electron chi connectivity index (χ4n) is 3.05. The van der Waals surface area contributed by atoms with Gasteiger partial charge in [0.15, 0.2) is 0 Å². The Kier molecular flexibility index (Phi) is 3.12. The fraction of sp³-hybridized carbons (Fsp3) is 0.467. The smallest absolute Gasteiger partial charge is 0.257 e. The molecule has 106 valence electrons. The van der Waals surface area contributed by atoms with Crippen LogP contribution in [-0.2, 0) is 4.79 Å². The number of benzene rings is 1. The summed E-state index contributed by atoms with van der Waals surface area (Å²) in [5.74, 6) is 0.105. The van der Waals surface area contributed by atoms with Gasteiger partial charge in [-0.3, -0.25) is 9.59 Å². The first-order valence-electron chi connectivity index (χ1n) is 6.95. The number of hydrogen-bond donors (Lipinski definition) is 1.